The van der Waals surface area contributed by atoms with E-state index in [0.29, 0.717) is 30.8 Å². The Morgan fingerprint density at radius 3 is 2.04 bits per heavy atom. The molecule has 0 N–H and O–H groups in total. The third-order valence-electron chi connectivity index (χ3n) is 9.04. The molecule has 1 unspecified atom stereocenters. The van der Waals surface area contributed by atoms with Gasteiger partial charge in [-0.1, -0.05) is 60.7 Å². The van der Waals surface area contributed by atoms with Crippen molar-refractivity contribution in [2.45, 2.75) is 63.3 Å². The van der Waals surface area contributed by atoms with Crippen LogP contribution >= 0.6 is 24.8 Å². The molecule has 3 aliphatic rings. The van der Waals surface area contributed by atoms with Crippen LogP contribution in [0.5, 0.6) is 11.8 Å². The summed E-state index contributed by atoms with van der Waals surface area (Å²) in [6, 6.07) is 22.1. The number of hydrogen-bond donors (Lipinski definition) is 0. The quantitative estimate of drug-likeness (QED) is 0.290. The Balaban J connectivity index is 0.00000240. The molecule has 0 radical (unpaired) electrons. The Morgan fingerprint density at radius 2 is 1.50 bits per heavy atom. The van der Waals surface area contributed by atoms with Gasteiger partial charge in [0.2, 0.25) is 11.8 Å². The van der Waals surface area contributed by atoms with Crippen molar-refractivity contribution in [1.29, 1.82) is 0 Å². The largest absolute Gasteiger partial charge is 0.481 e. The van der Waals surface area contributed by atoms with Gasteiger partial charge in [0.15, 0.2) is 0 Å². The highest BCUT2D eigenvalue weighted by molar-refractivity contribution is 5.85. The summed E-state index contributed by atoms with van der Waals surface area (Å²) < 4.78 is 12.2. The molecule has 2 amide bonds. The van der Waals surface area contributed by atoms with E-state index in [0.717, 1.165) is 50.4 Å². The van der Waals surface area contributed by atoms with Gasteiger partial charge in [0.25, 0.3) is 0 Å². The lowest BCUT2D eigenvalue weighted by molar-refractivity contribution is -0.0271. The SMILES string of the molecule is COc1nc(C2CC2)nc(OC(C)C)c1CN1CC(C(c2ccccc2)c2ccccc2)N2CCN(C(=O)N(C)C)C[C@H]2C1.Cl.Cl. The number of urea groups is 1. The average molecular weight is 672 g/mol. The fraction of sp³-hybridized carbons (Fsp3) is 0.514. The van der Waals surface area contributed by atoms with Crippen LogP contribution in [-0.2, 0) is 6.54 Å². The maximum absolute atomic E-state index is 13.1. The van der Waals surface area contributed by atoms with E-state index >= 15 is 0 Å². The number of fused-ring (bicyclic) bond motifs is 1. The van der Waals surface area contributed by atoms with Crippen LogP contribution in [0.25, 0.3) is 0 Å². The second-order valence-electron chi connectivity index (χ2n) is 12.9. The first-order chi connectivity index (χ1) is 21.3. The second-order valence-corrected chi connectivity index (χ2v) is 12.9. The Hall–Kier alpha value is -3.11. The molecule has 2 aromatic carbocycles. The molecule has 9 nitrogen and oxygen atoms in total. The first-order valence-electron chi connectivity index (χ1n) is 16.0. The van der Waals surface area contributed by atoms with Crippen LogP contribution in [0.2, 0.25) is 0 Å². The molecule has 250 valence electrons. The standard InChI is InChI=1S/C35H46N6O3.2ClH/c1-24(2)44-34-29(33(43-5)36-32(37-34)27-16-17-27)22-39-20-28-21-40(35(42)38(3)4)18-19-41(28)30(23-39)31(25-12-8-6-9-13-25)26-14-10-7-11-15-26;;/h6-15,24,27-28,30-31H,16-23H2,1-5H3;2*1H/t28-,30?;;/m1../s1. The van der Waals surface area contributed by atoms with E-state index < -0.39 is 0 Å². The van der Waals surface area contributed by atoms with Gasteiger partial charge in [0, 0.05) is 77.3 Å². The van der Waals surface area contributed by atoms with Crippen molar-refractivity contribution in [1.82, 2.24) is 29.6 Å². The van der Waals surface area contributed by atoms with Gasteiger partial charge in [-0.2, -0.15) is 9.97 Å². The topological polar surface area (TPSA) is 74.3 Å². The lowest BCUT2D eigenvalue weighted by Crippen LogP contribution is -2.67. The minimum absolute atomic E-state index is 0. The van der Waals surface area contributed by atoms with Crippen molar-refractivity contribution in [2.75, 3.05) is 53.9 Å². The molecule has 11 heteroatoms. The predicted octanol–water partition coefficient (Wildman–Crippen LogP) is 5.68. The maximum atomic E-state index is 13.1. The molecule has 0 spiro atoms. The number of nitrogens with zero attached hydrogens (tertiary/aromatic N) is 6. The van der Waals surface area contributed by atoms with Gasteiger partial charge in [-0.05, 0) is 37.8 Å². The van der Waals surface area contributed by atoms with Gasteiger partial charge in [-0.25, -0.2) is 4.79 Å². The molecule has 1 aliphatic carbocycles. The number of aromatic nitrogens is 2. The number of amides is 2. The van der Waals surface area contributed by atoms with E-state index in [2.05, 4.69) is 70.5 Å². The highest BCUT2D eigenvalue weighted by Crippen LogP contribution is 2.42. The van der Waals surface area contributed by atoms with Gasteiger partial charge in [0.1, 0.15) is 5.82 Å². The van der Waals surface area contributed by atoms with E-state index in [9.17, 15) is 4.79 Å². The lowest BCUT2D eigenvalue weighted by Gasteiger charge is -2.53. The summed E-state index contributed by atoms with van der Waals surface area (Å²) in [6.07, 6.45) is 2.20. The van der Waals surface area contributed by atoms with Crippen LogP contribution in [0, 0.1) is 0 Å². The van der Waals surface area contributed by atoms with E-state index in [1.165, 1.54) is 11.1 Å². The van der Waals surface area contributed by atoms with E-state index in [1.807, 2.05) is 32.8 Å². The molecule has 2 atom stereocenters. The summed E-state index contributed by atoms with van der Waals surface area (Å²) in [5.41, 5.74) is 3.50. The number of ether oxygens (including phenoxy) is 2. The van der Waals surface area contributed by atoms with E-state index in [-0.39, 0.29) is 55.0 Å². The number of hydrogen-bond acceptors (Lipinski definition) is 7. The van der Waals surface area contributed by atoms with Gasteiger partial charge < -0.3 is 19.3 Å². The van der Waals surface area contributed by atoms with E-state index in [1.54, 1.807) is 12.0 Å². The summed E-state index contributed by atoms with van der Waals surface area (Å²) in [4.78, 5) is 31.7. The summed E-state index contributed by atoms with van der Waals surface area (Å²) in [5.74, 6) is 2.61. The Morgan fingerprint density at radius 1 is 0.891 bits per heavy atom. The van der Waals surface area contributed by atoms with Crippen LogP contribution in [0.15, 0.2) is 60.7 Å². The highest BCUT2D eigenvalue weighted by Gasteiger charge is 2.43. The van der Waals surface area contributed by atoms with Gasteiger partial charge in [-0.15, -0.1) is 24.8 Å². The molecule has 1 aromatic heterocycles. The zero-order chi connectivity index (χ0) is 30.8. The zero-order valence-electron chi connectivity index (χ0n) is 27.5. The zero-order valence-corrected chi connectivity index (χ0v) is 29.2. The van der Waals surface area contributed by atoms with Gasteiger partial charge in [0.05, 0.1) is 18.8 Å². The second kappa shape index (κ2) is 15.7. The molecule has 3 fully saturated rings. The number of methoxy groups -OCH3 is 1. The van der Waals surface area contributed by atoms with Crippen molar-refractivity contribution in [3.8, 4) is 11.8 Å². The maximum Gasteiger partial charge on any atom is 0.319 e. The lowest BCUT2D eigenvalue weighted by atomic mass is 9.81. The average Bonchev–Trinajstić information content (AvgIpc) is 3.88. The molecule has 3 heterocycles. The summed E-state index contributed by atoms with van der Waals surface area (Å²) in [5, 5.41) is 0. The van der Waals surface area contributed by atoms with Crippen molar-refractivity contribution >= 4 is 30.8 Å². The van der Waals surface area contributed by atoms with Gasteiger partial charge >= 0.3 is 6.03 Å². The number of carbonyl (C=O) groups excluding carboxylic acids is 1. The Labute approximate surface area is 286 Å². The Bertz CT molecular complexity index is 1390. The molecule has 2 aliphatic heterocycles. The minimum atomic E-state index is -0.0190. The first kappa shape index (κ1) is 35.7. The molecule has 1 saturated carbocycles. The predicted molar refractivity (Wildman–Crippen MR) is 186 cm³/mol. The third-order valence-corrected chi connectivity index (χ3v) is 9.04. The van der Waals surface area contributed by atoms with Crippen LogP contribution in [0.3, 0.4) is 0 Å². The van der Waals surface area contributed by atoms with Crippen LogP contribution in [-0.4, -0.2) is 108 Å². The fourth-order valence-corrected chi connectivity index (χ4v) is 6.88. The fourth-order valence-electron chi connectivity index (χ4n) is 6.88. The molecule has 0 bridgehead atoms. The highest BCUT2D eigenvalue weighted by atomic mass is 35.5. The first-order valence-corrected chi connectivity index (χ1v) is 16.0. The van der Waals surface area contributed by atoms with Crippen LogP contribution < -0.4 is 9.47 Å². The minimum Gasteiger partial charge on any atom is -0.481 e. The number of piperazine rings is 2. The number of carbonyl (C=O) groups is 1. The van der Waals surface area contributed by atoms with Crippen molar-refractivity contribution < 1.29 is 14.3 Å². The molecule has 6 rings (SSSR count). The molecule has 2 saturated heterocycles. The molecule has 46 heavy (non-hydrogen) atoms. The summed E-state index contributed by atoms with van der Waals surface area (Å²) >= 11 is 0. The van der Waals surface area contributed by atoms with Crippen LogP contribution in [0.4, 0.5) is 4.79 Å². The smallest absolute Gasteiger partial charge is 0.319 e. The number of benzene rings is 2. The van der Waals surface area contributed by atoms with E-state index in [4.69, 9.17) is 19.4 Å². The molecular formula is C35H48Cl2N6O3. The Kier molecular flexibility index (Phi) is 12.2. The molecular weight excluding hydrogens is 623 g/mol. The van der Waals surface area contributed by atoms with Gasteiger partial charge in [-0.3, -0.25) is 9.80 Å². The van der Waals surface area contributed by atoms with Crippen molar-refractivity contribution in [3.05, 3.63) is 83.2 Å². The number of halogens is 2. The summed E-state index contributed by atoms with van der Waals surface area (Å²) in [7, 11) is 5.35. The molecule has 3 aromatic rings. The number of rotatable bonds is 9. The summed E-state index contributed by atoms with van der Waals surface area (Å²) in [6.45, 7) is 8.58. The van der Waals surface area contributed by atoms with Crippen LogP contribution in [0.1, 0.15) is 61.0 Å². The van der Waals surface area contributed by atoms with Crippen molar-refractivity contribution in [2.24, 2.45) is 0 Å². The van der Waals surface area contributed by atoms with Crippen molar-refractivity contribution in [3.63, 3.8) is 0 Å². The monoisotopic (exact) mass is 670 g/mol. The third kappa shape index (κ3) is 7.88. The normalized spacial score (nSPS) is 20.0.